The highest BCUT2D eigenvalue weighted by atomic mass is 19.1. The number of halogens is 1. The average Bonchev–Trinajstić information content (AvgIpc) is 2.56. The van der Waals surface area contributed by atoms with Gasteiger partial charge in [0.15, 0.2) is 11.5 Å². The van der Waals surface area contributed by atoms with E-state index in [2.05, 4.69) is 5.32 Å². The van der Waals surface area contributed by atoms with Crippen LogP contribution in [0.15, 0.2) is 42.5 Å². The molecule has 2 N–H and O–H groups in total. The molecule has 0 amide bonds. The Hall–Kier alpha value is -2.11. The van der Waals surface area contributed by atoms with E-state index in [0.717, 1.165) is 5.56 Å². The van der Waals surface area contributed by atoms with Crippen LogP contribution in [-0.4, -0.2) is 24.9 Å². The smallest absolute Gasteiger partial charge is 0.166 e. The number of ether oxygens (including phenoxy) is 2. The van der Waals surface area contributed by atoms with Crippen molar-refractivity contribution < 1.29 is 19.0 Å². The molecule has 0 aliphatic rings. The van der Waals surface area contributed by atoms with Gasteiger partial charge in [0.1, 0.15) is 5.82 Å². The highest BCUT2D eigenvalue weighted by molar-refractivity contribution is 5.46. The molecular weight excluding hydrogens is 309 g/mol. The van der Waals surface area contributed by atoms with Crippen LogP contribution >= 0.6 is 0 Å². The number of aliphatic hydroxyl groups is 1. The second kappa shape index (κ2) is 8.66. The lowest BCUT2D eigenvalue weighted by Gasteiger charge is -2.18. The Morgan fingerprint density at radius 1 is 1.12 bits per heavy atom. The van der Waals surface area contributed by atoms with Gasteiger partial charge in [-0.05, 0) is 26.0 Å². The van der Waals surface area contributed by atoms with Crippen LogP contribution in [0, 0.1) is 5.82 Å². The van der Waals surface area contributed by atoms with E-state index in [-0.39, 0.29) is 18.2 Å². The number of aliphatic hydroxyl groups excluding tert-OH is 1. The summed E-state index contributed by atoms with van der Waals surface area (Å²) >= 11 is 0. The molecule has 2 rings (SSSR count). The first-order valence-electron chi connectivity index (χ1n) is 7.98. The van der Waals surface area contributed by atoms with Gasteiger partial charge in [-0.15, -0.1) is 0 Å². The summed E-state index contributed by atoms with van der Waals surface area (Å²) in [4.78, 5) is 0. The average molecular weight is 333 g/mol. The zero-order valence-corrected chi connectivity index (χ0v) is 14.3. The van der Waals surface area contributed by atoms with Crippen LogP contribution in [0.1, 0.15) is 31.1 Å². The van der Waals surface area contributed by atoms with Gasteiger partial charge < -0.3 is 19.9 Å². The van der Waals surface area contributed by atoms with E-state index >= 15 is 0 Å². The molecule has 0 radical (unpaired) electrons. The third-order valence-corrected chi connectivity index (χ3v) is 3.55. The molecule has 1 atom stereocenters. The van der Waals surface area contributed by atoms with E-state index in [1.54, 1.807) is 25.3 Å². The van der Waals surface area contributed by atoms with Gasteiger partial charge >= 0.3 is 0 Å². The normalized spacial score (nSPS) is 12.2. The quantitative estimate of drug-likeness (QED) is 0.777. The monoisotopic (exact) mass is 333 g/mol. The van der Waals surface area contributed by atoms with E-state index in [1.807, 2.05) is 32.0 Å². The Morgan fingerprint density at radius 3 is 2.54 bits per heavy atom. The number of rotatable bonds is 8. The molecule has 0 heterocycles. The zero-order valence-electron chi connectivity index (χ0n) is 14.3. The molecular formula is C19H24FNO3. The molecule has 0 aliphatic carbocycles. The van der Waals surface area contributed by atoms with Gasteiger partial charge in [0.2, 0.25) is 0 Å². The molecule has 0 spiro atoms. The largest absolute Gasteiger partial charge is 0.493 e. The van der Waals surface area contributed by atoms with Gasteiger partial charge in [-0.3, -0.25) is 0 Å². The molecule has 5 heteroatoms. The molecule has 24 heavy (non-hydrogen) atoms. The fourth-order valence-corrected chi connectivity index (χ4v) is 2.43. The summed E-state index contributed by atoms with van der Waals surface area (Å²) in [5, 5.41) is 13.3. The van der Waals surface area contributed by atoms with E-state index in [4.69, 9.17) is 9.47 Å². The minimum Gasteiger partial charge on any atom is -0.493 e. The van der Waals surface area contributed by atoms with Crippen molar-refractivity contribution in [1.82, 2.24) is 5.32 Å². The predicted molar refractivity (Wildman–Crippen MR) is 91.8 cm³/mol. The summed E-state index contributed by atoms with van der Waals surface area (Å²) in [6.07, 6.45) is -0.893. The predicted octanol–water partition coefficient (Wildman–Crippen LogP) is 3.44. The van der Waals surface area contributed by atoms with E-state index in [1.165, 1.54) is 6.07 Å². The summed E-state index contributed by atoms with van der Waals surface area (Å²) in [7, 11) is 1.60. The Bertz CT molecular complexity index is 661. The topological polar surface area (TPSA) is 50.7 Å². The number of methoxy groups -OCH3 is 1. The van der Waals surface area contributed by atoms with Crippen LogP contribution in [0.4, 0.5) is 4.39 Å². The van der Waals surface area contributed by atoms with Crippen molar-refractivity contribution in [1.29, 1.82) is 0 Å². The van der Waals surface area contributed by atoms with Crippen molar-refractivity contribution in [2.75, 3.05) is 13.7 Å². The molecule has 0 aliphatic heterocycles. The lowest BCUT2D eigenvalue weighted by atomic mass is 10.1. The number of para-hydroxylation sites is 1. The molecule has 0 bridgehead atoms. The van der Waals surface area contributed by atoms with Crippen molar-refractivity contribution in [2.45, 2.75) is 32.6 Å². The Balaban J connectivity index is 2.03. The molecule has 2 aromatic rings. The highest BCUT2D eigenvalue weighted by Crippen LogP contribution is 2.32. The highest BCUT2D eigenvalue weighted by Gasteiger charge is 2.14. The molecule has 0 aromatic heterocycles. The van der Waals surface area contributed by atoms with Crippen LogP contribution < -0.4 is 14.8 Å². The van der Waals surface area contributed by atoms with Crippen LogP contribution in [0.25, 0.3) is 0 Å². The summed E-state index contributed by atoms with van der Waals surface area (Å²) in [6.45, 7) is 4.61. The standard InChI is InChI=1S/C19H24FNO3/c1-13(2)24-19-14(7-6-10-18(19)23-3)11-21-12-17(22)15-8-4-5-9-16(15)20/h4-10,13,17,21-22H,11-12H2,1-3H3. The minimum atomic E-state index is -0.911. The molecule has 1 unspecified atom stereocenters. The Labute approximate surface area is 142 Å². The number of nitrogens with one attached hydrogen (secondary N) is 1. The first kappa shape index (κ1) is 18.2. The van der Waals surface area contributed by atoms with Crippen molar-refractivity contribution in [3.63, 3.8) is 0 Å². The van der Waals surface area contributed by atoms with E-state index in [9.17, 15) is 9.50 Å². The van der Waals surface area contributed by atoms with Crippen molar-refractivity contribution in [2.24, 2.45) is 0 Å². The SMILES string of the molecule is COc1cccc(CNCC(O)c2ccccc2F)c1OC(C)C. The van der Waals surface area contributed by atoms with Crippen LogP contribution in [0.5, 0.6) is 11.5 Å². The Morgan fingerprint density at radius 2 is 1.88 bits per heavy atom. The summed E-state index contributed by atoms with van der Waals surface area (Å²) < 4.78 is 24.9. The fourth-order valence-electron chi connectivity index (χ4n) is 2.43. The number of hydrogen-bond donors (Lipinski definition) is 2. The van der Waals surface area contributed by atoms with E-state index in [0.29, 0.717) is 18.0 Å². The minimum absolute atomic E-state index is 0.0176. The summed E-state index contributed by atoms with van der Waals surface area (Å²) in [6, 6.07) is 11.9. The molecule has 0 saturated heterocycles. The summed E-state index contributed by atoms with van der Waals surface area (Å²) in [5.41, 5.74) is 1.21. The number of hydrogen-bond acceptors (Lipinski definition) is 4. The second-order valence-corrected chi connectivity index (χ2v) is 5.78. The molecule has 2 aromatic carbocycles. The fraction of sp³-hybridized carbons (Fsp3) is 0.368. The maximum absolute atomic E-state index is 13.7. The summed E-state index contributed by atoms with van der Waals surface area (Å²) in [5.74, 6) is 0.942. The lowest BCUT2D eigenvalue weighted by Crippen LogP contribution is -2.22. The first-order valence-corrected chi connectivity index (χ1v) is 7.98. The van der Waals surface area contributed by atoms with Gasteiger partial charge in [-0.1, -0.05) is 30.3 Å². The molecule has 4 nitrogen and oxygen atoms in total. The zero-order chi connectivity index (χ0) is 17.5. The molecule has 0 fully saturated rings. The molecule has 0 saturated carbocycles. The van der Waals surface area contributed by atoms with Gasteiger partial charge in [0.25, 0.3) is 0 Å². The molecule has 130 valence electrons. The van der Waals surface area contributed by atoms with Gasteiger partial charge in [0.05, 0.1) is 19.3 Å². The van der Waals surface area contributed by atoms with Crippen molar-refractivity contribution in [3.8, 4) is 11.5 Å². The third-order valence-electron chi connectivity index (χ3n) is 3.55. The van der Waals surface area contributed by atoms with Gasteiger partial charge in [-0.2, -0.15) is 0 Å². The van der Waals surface area contributed by atoms with E-state index < -0.39 is 11.9 Å². The van der Waals surface area contributed by atoms with Crippen molar-refractivity contribution in [3.05, 3.63) is 59.4 Å². The third kappa shape index (κ3) is 4.69. The maximum atomic E-state index is 13.7. The van der Waals surface area contributed by atoms with Gasteiger partial charge in [-0.25, -0.2) is 4.39 Å². The second-order valence-electron chi connectivity index (χ2n) is 5.78. The van der Waals surface area contributed by atoms with Crippen LogP contribution in [0.2, 0.25) is 0 Å². The van der Waals surface area contributed by atoms with Crippen LogP contribution in [0.3, 0.4) is 0 Å². The first-order chi connectivity index (χ1) is 11.5. The maximum Gasteiger partial charge on any atom is 0.166 e. The van der Waals surface area contributed by atoms with Crippen LogP contribution in [-0.2, 0) is 6.54 Å². The van der Waals surface area contributed by atoms with Gasteiger partial charge in [0, 0.05) is 24.2 Å². The lowest BCUT2D eigenvalue weighted by molar-refractivity contribution is 0.169. The Kier molecular flexibility index (Phi) is 6.58. The number of benzene rings is 2. The van der Waals surface area contributed by atoms with Crippen molar-refractivity contribution >= 4 is 0 Å².